The molecule has 0 aliphatic heterocycles. The van der Waals surface area contributed by atoms with Gasteiger partial charge in [0.1, 0.15) is 16.8 Å². The summed E-state index contributed by atoms with van der Waals surface area (Å²) >= 11 is 0. The number of benzene rings is 2. The van der Waals surface area contributed by atoms with Crippen molar-refractivity contribution in [2.75, 3.05) is 10.5 Å². The van der Waals surface area contributed by atoms with Crippen molar-refractivity contribution in [3.63, 3.8) is 0 Å². The number of halogens is 1. The molecule has 5 nitrogen and oxygen atoms in total. The number of sulfonamides is 1. The molecular weight excluding hydrogens is 293 g/mol. The molecule has 0 heterocycles. The summed E-state index contributed by atoms with van der Waals surface area (Å²) in [5.41, 5.74) is 6.47. The van der Waals surface area contributed by atoms with Crippen LogP contribution in [0, 0.1) is 24.1 Å². The lowest BCUT2D eigenvalue weighted by atomic mass is 10.2. The molecule has 0 radical (unpaired) electrons. The van der Waals surface area contributed by atoms with E-state index in [1.165, 1.54) is 12.1 Å². The number of anilines is 2. The van der Waals surface area contributed by atoms with E-state index in [1.807, 2.05) is 6.07 Å². The Bertz CT molecular complexity index is 842. The van der Waals surface area contributed by atoms with Crippen LogP contribution in [0.1, 0.15) is 11.1 Å². The molecular formula is C14H12FN3O2S. The SMILES string of the molecule is Cc1cc(F)c(S(=O)(=O)Nc2ccccc2C#N)cc1N. The molecule has 2 rings (SSSR count). The van der Waals surface area contributed by atoms with Crippen molar-refractivity contribution in [1.29, 1.82) is 5.26 Å². The van der Waals surface area contributed by atoms with Crippen molar-refractivity contribution in [3.8, 4) is 6.07 Å². The highest BCUT2D eigenvalue weighted by atomic mass is 32.2. The molecule has 0 aromatic heterocycles. The Balaban J connectivity index is 2.49. The second-order valence-electron chi connectivity index (χ2n) is 4.40. The Morgan fingerprint density at radius 3 is 2.62 bits per heavy atom. The highest BCUT2D eigenvalue weighted by molar-refractivity contribution is 7.92. The topological polar surface area (TPSA) is 96.0 Å². The average molecular weight is 305 g/mol. The van der Waals surface area contributed by atoms with Gasteiger partial charge in [-0.1, -0.05) is 12.1 Å². The fraction of sp³-hybridized carbons (Fsp3) is 0.0714. The highest BCUT2D eigenvalue weighted by Gasteiger charge is 2.21. The standard InChI is InChI=1S/C14H12FN3O2S/c1-9-6-11(15)14(7-12(9)17)21(19,20)18-13-5-3-2-4-10(13)8-16/h2-7,18H,17H2,1H3. The van der Waals surface area contributed by atoms with E-state index in [4.69, 9.17) is 11.0 Å². The summed E-state index contributed by atoms with van der Waals surface area (Å²) < 4.78 is 40.5. The zero-order valence-corrected chi connectivity index (χ0v) is 11.9. The Morgan fingerprint density at radius 2 is 1.95 bits per heavy atom. The van der Waals surface area contributed by atoms with Crippen LogP contribution in [0.2, 0.25) is 0 Å². The Hall–Kier alpha value is -2.59. The molecule has 0 saturated heterocycles. The van der Waals surface area contributed by atoms with E-state index in [1.54, 1.807) is 19.1 Å². The first kappa shape index (κ1) is 14.8. The molecule has 108 valence electrons. The number of nitrogen functional groups attached to an aromatic ring is 1. The van der Waals surface area contributed by atoms with Crippen LogP contribution in [-0.2, 0) is 10.0 Å². The third-order valence-electron chi connectivity index (χ3n) is 2.90. The summed E-state index contributed by atoms with van der Waals surface area (Å²) in [5.74, 6) is -0.899. The largest absolute Gasteiger partial charge is 0.398 e. The van der Waals surface area contributed by atoms with Gasteiger partial charge in [0.05, 0.1) is 11.3 Å². The maximum Gasteiger partial charge on any atom is 0.264 e. The van der Waals surface area contributed by atoms with E-state index >= 15 is 0 Å². The number of nitrogens with one attached hydrogen (secondary N) is 1. The summed E-state index contributed by atoms with van der Waals surface area (Å²) in [6, 6.07) is 10.0. The third-order valence-corrected chi connectivity index (χ3v) is 4.28. The smallest absolute Gasteiger partial charge is 0.264 e. The van der Waals surface area contributed by atoms with Gasteiger partial charge in [-0.2, -0.15) is 5.26 Å². The predicted molar refractivity (Wildman–Crippen MR) is 77.5 cm³/mol. The molecule has 0 atom stereocenters. The minimum Gasteiger partial charge on any atom is -0.398 e. The summed E-state index contributed by atoms with van der Waals surface area (Å²) in [6.45, 7) is 1.58. The zero-order valence-electron chi connectivity index (χ0n) is 11.1. The van der Waals surface area contributed by atoms with Gasteiger partial charge in [0.15, 0.2) is 0 Å². The minimum atomic E-state index is -4.17. The number of hydrogen-bond acceptors (Lipinski definition) is 4. The summed E-state index contributed by atoms with van der Waals surface area (Å²) in [6.07, 6.45) is 0. The molecule has 0 spiro atoms. The fourth-order valence-corrected chi connectivity index (χ4v) is 2.92. The predicted octanol–water partition coefficient (Wildman–Crippen LogP) is 2.39. The quantitative estimate of drug-likeness (QED) is 0.851. The van der Waals surface area contributed by atoms with Gasteiger partial charge >= 0.3 is 0 Å². The first-order chi connectivity index (χ1) is 9.85. The maximum atomic E-state index is 13.9. The molecule has 0 unspecified atom stereocenters. The van der Waals surface area contributed by atoms with Crippen molar-refractivity contribution in [3.05, 3.63) is 53.3 Å². The molecule has 0 aliphatic carbocycles. The number of rotatable bonds is 3. The van der Waals surface area contributed by atoms with E-state index in [-0.39, 0.29) is 16.9 Å². The molecule has 3 N–H and O–H groups in total. The fourth-order valence-electron chi connectivity index (χ4n) is 1.74. The first-order valence-corrected chi connectivity index (χ1v) is 7.41. The van der Waals surface area contributed by atoms with Gasteiger partial charge in [-0.15, -0.1) is 0 Å². The van der Waals surface area contributed by atoms with E-state index in [2.05, 4.69) is 4.72 Å². The number of para-hydroxylation sites is 1. The minimum absolute atomic E-state index is 0.0820. The maximum absolute atomic E-state index is 13.9. The van der Waals surface area contributed by atoms with Crippen molar-refractivity contribution in [2.24, 2.45) is 0 Å². The van der Waals surface area contributed by atoms with Crippen LogP contribution >= 0.6 is 0 Å². The molecule has 21 heavy (non-hydrogen) atoms. The van der Waals surface area contributed by atoms with Gasteiger partial charge in [-0.3, -0.25) is 4.72 Å². The summed E-state index contributed by atoms with van der Waals surface area (Å²) in [5, 5.41) is 8.94. The summed E-state index contributed by atoms with van der Waals surface area (Å²) in [7, 11) is -4.17. The van der Waals surface area contributed by atoms with E-state index < -0.39 is 20.7 Å². The first-order valence-electron chi connectivity index (χ1n) is 5.92. The van der Waals surface area contributed by atoms with E-state index in [0.29, 0.717) is 5.56 Å². The number of hydrogen-bond donors (Lipinski definition) is 2. The molecule has 0 saturated carbocycles. The molecule has 0 aliphatic rings. The highest BCUT2D eigenvalue weighted by Crippen LogP contribution is 2.24. The average Bonchev–Trinajstić information content (AvgIpc) is 2.43. The Kier molecular flexibility index (Phi) is 3.82. The van der Waals surface area contributed by atoms with E-state index in [9.17, 15) is 12.8 Å². The molecule has 7 heteroatoms. The lowest BCUT2D eigenvalue weighted by Crippen LogP contribution is -2.16. The van der Waals surface area contributed by atoms with Crippen LogP contribution in [0.3, 0.4) is 0 Å². The monoisotopic (exact) mass is 305 g/mol. The van der Waals surface area contributed by atoms with Crippen molar-refractivity contribution < 1.29 is 12.8 Å². The second-order valence-corrected chi connectivity index (χ2v) is 6.05. The van der Waals surface area contributed by atoms with Crippen LogP contribution in [-0.4, -0.2) is 8.42 Å². The number of aryl methyl sites for hydroxylation is 1. The zero-order chi connectivity index (χ0) is 15.6. The van der Waals surface area contributed by atoms with Crippen LogP contribution < -0.4 is 10.5 Å². The normalized spacial score (nSPS) is 10.9. The molecule has 2 aromatic carbocycles. The summed E-state index contributed by atoms with van der Waals surface area (Å²) in [4.78, 5) is -0.557. The molecule has 0 fully saturated rings. The van der Waals surface area contributed by atoms with Crippen LogP contribution in [0.25, 0.3) is 0 Å². The Labute approximate surface area is 121 Å². The van der Waals surface area contributed by atoms with Gasteiger partial charge in [-0.05, 0) is 36.8 Å². The number of nitrogens with two attached hydrogens (primary N) is 1. The second kappa shape index (κ2) is 5.42. The van der Waals surface area contributed by atoms with Crippen LogP contribution in [0.15, 0.2) is 41.3 Å². The lowest BCUT2D eigenvalue weighted by molar-refractivity contribution is 0.570. The number of nitrogens with zero attached hydrogens (tertiary/aromatic N) is 1. The van der Waals surface area contributed by atoms with Gasteiger partial charge < -0.3 is 5.73 Å². The van der Waals surface area contributed by atoms with Gasteiger partial charge in [0, 0.05) is 5.69 Å². The molecule has 0 amide bonds. The van der Waals surface area contributed by atoms with Gasteiger partial charge in [-0.25, -0.2) is 12.8 Å². The Morgan fingerprint density at radius 1 is 1.29 bits per heavy atom. The molecule has 0 bridgehead atoms. The van der Waals surface area contributed by atoms with Crippen molar-refractivity contribution >= 4 is 21.4 Å². The van der Waals surface area contributed by atoms with E-state index in [0.717, 1.165) is 12.1 Å². The number of nitriles is 1. The van der Waals surface area contributed by atoms with Gasteiger partial charge in [0.2, 0.25) is 0 Å². The third kappa shape index (κ3) is 2.95. The van der Waals surface area contributed by atoms with Crippen molar-refractivity contribution in [2.45, 2.75) is 11.8 Å². The van der Waals surface area contributed by atoms with Crippen molar-refractivity contribution in [1.82, 2.24) is 0 Å². The lowest BCUT2D eigenvalue weighted by Gasteiger charge is -2.11. The van der Waals surface area contributed by atoms with Gasteiger partial charge in [0.25, 0.3) is 10.0 Å². The van der Waals surface area contributed by atoms with Crippen LogP contribution in [0.4, 0.5) is 15.8 Å². The van der Waals surface area contributed by atoms with Crippen LogP contribution in [0.5, 0.6) is 0 Å². The molecule has 2 aromatic rings.